The molecule has 0 radical (unpaired) electrons. The lowest BCUT2D eigenvalue weighted by molar-refractivity contribution is -0.138. The monoisotopic (exact) mass is 410 g/mol. The number of carbonyl (C=O) groups is 2. The normalized spacial score (nSPS) is 24.6. The molecule has 0 saturated heterocycles. The quantitative estimate of drug-likeness (QED) is 0.600. The molecule has 2 aliphatic carbocycles. The van der Waals surface area contributed by atoms with Crippen molar-refractivity contribution in [1.82, 2.24) is 0 Å². The maximum atomic E-state index is 13.5. The SMILES string of the molecule is O=Cc1ccc(C2C(=O)C(C(/C=C/c3ccccc3)CO)[C@@]23c2ccc(O)cc23)cc1. The minimum atomic E-state index is -0.519. The third-order valence-corrected chi connectivity index (χ3v) is 6.75. The number of hydrogen-bond donors (Lipinski definition) is 2. The number of phenolic OH excluding ortho intramolecular Hbond substituents is 1. The Labute approximate surface area is 180 Å². The molecule has 2 N–H and O–H groups in total. The first-order valence-electron chi connectivity index (χ1n) is 10.4. The van der Waals surface area contributed by atoms with Crippen LogP contribution >= 0.6 is 0 Å². The average molecular weight is 410 g/mol. The molecule has 4 nitrogen and oxygen atoms in total. The summed E-state index contributed by atoms with van der Waals surface area (Å²) in [5.41, 5.74) is 3.92. The maximum absolute atomic E-state index is 13.5. The van der Waals surface area contributed by atoms with E-state index in [0.717, 1.165) is 28.5 Å². The largest absolute Gasteiger partial charge is 0.508 e. The van der Waals surface area contributed by atoms with Gasteiger partial charge in [0, 0.05) is 22.8 Å². The van der Waals surface area contributed by atoms with Gasteiger partial charge in [-0.3, -0.25) is 9.59 Å². The predicted molar refractivity (Wildman–Crippen MR) is 118 cm³/mol. The summed E-state index contributed by atoms with van der Waals surface area (Å²) in [6, 6.07) is 22.2. The third kappa shape index (κ3) is 2.87. The van der Waals surface area contributed by atoms with E-state index in [1.807, 2.05) is 60.7 Å². The van der Waals surface area contributed by atoms with Gasteiger partial charge in [-0.2, -0.15) is 0 Å². The van der Waals surface area contributed by atoms with Crippen molar-refractivity contribution in [2.24, 2.45) is 11.8 Å². The fourth-order valence-electron chi connectivity index (χ4n) is 5.32. The second-order valence-corrected chi connectivity index (χ2v) is 8.31. The number of ketones is 1. The van der Waals surface area contributed by atoms with Crippen molar-refractivity contribution < 1.29 is 19.8 Å². The van der Waals surface area contributed by atoms with Crippen molar-refractivity contribution in [1.29, 1.82) is 0 Å². The van der Waals surface area contributed by atoms with E-state index in [1.54, 1.807) is 24.3 Å². The van der Waals surface area contributed by atoms with Crippen LogP contribution in [-0.2, 0) is 10.2 Å². The standard InChI is InChI=1S/C27H22O4/c28-15-18-7-9-19(10-8-18)24-26(31)25(27(24)22-13-12-21(30)14-23(22)27)20(16-29)11-6-17-4-2-1-3-5-17/h1-15,20,24-25,29-30H,16H2/b11-6+/t20?,24?,25?,27-/m1/s1. The molecule has 0 aromatic heterocycles. The van der Waals surface area contributed by atoms with Crippen LogP contribution in [0.2, 0.25) is 0 Å². The van der Waals surface area contributed by atoms with Crippen molar-refractivity contribution in [3.05, 3.63) is 107 Å². The van der Waals surface area contributed by atoms with Gasteiger partial charge in [0.25, 0.3) is 0 Å². The molecule has 1 spiro atoms. The van der Waals surface area contributed by atoms with Gasteiger partial charge in [0.05, 0.1) is 12.5 Å². The molecular weight excluding hydrogens is 388 g/mol. The van der Waals surface area contributed by atoms with Gasteiger partial charge in [-0.05, 0) is 34.4 Å². The maximum Gasteiger partial charge on any atom is 0.150 e. The van der Waals surface area contributed by atoms with Crippen LogP contribution in [0.5, 0.6) is 5.75 Å². The molecule has 4 heteroatoms. The number of rotatable bonds is 6. The minimum absolute atomic E-state index is 0.0753. The number of aliphatic hydroxyl groups excluding tert-OH is 1. The summed E-state index contributed by atoms with van der Waals surface area (Å²) in [6.07, 6.45) is 4.65. The Morgan fingerprint density at radius 1 is 0.935 bits per heavy atom. The second-order valence-electron chi connectivity index (χ2n) is 8.31. The molecule has 1 saturated carbocycles. The number of carbonyl (C=O) groups excluding carboxylic acids is 2. The first kappa shape index (κ1) is 19.5. The van der Waals surface area contributed by atoms with E-state index in [0.29, 0.717) is 5.56 Å². The van der Waals surface area contributed by atoms with E-state index in [1.165, 1.54) is 0 Å². The fourth-order valence-corrected chi connectivity index (χ4v) is 5.32. The smallest absolute Gasteiger partial charge is 0.150 e. The minimum Gasteiger partial charge on any atom is -0.508 e. The topological polar surface area (TPSA) is 74.6 Å². The van der Waals surface area contributed by atoms with Gasteiger partial charge in [0.2, 0.25) is 0 Å². The van der Waals surface area contributed by atoms with E-state index >= 15 is 0 Å². The van der Waals surface area contributed by atoms with Crippen molar-refractivity contribution >= 4 is 18.1 Å². The van der Waals surface area contributed by atoms with Crippen molar-refractivity contribution in [2.75, 3.05) is 6.61 Å². The number of Topliss-reactive ketones (excluding diaryl/α,β-unsaturated/α-hetero) is 1. The first-order valence-corrected chi connectivity index (χ1v) is 10.4. The Morgan fingerprint density at radius 2 is 1.68 bits per heavy atom. The van der Waals surface area contributed by atoms with Crippen LogP contribution in [0.15, 0.2) is 78.9 Å². The van der Waals surface area contributed by atoms with Crippen LogP contribution in [0.25, 0.3) is 6.08 Å². The lowest BCUT2D eigenvalue weighted by atomic mass is 9.52. The van der Waals surface area contributed by atoms with Crippen molar-refractivity contribution in [3.63, 3.8) is 0 Å². The summed E-state index contributed by atoms with van der Waals surface area (Å²) in [5, 5.41) is 20.2. The summed E-state index contributed by atoms with van der Waals surface area (Å²) in [4.78, 5) is 24.5. The number of fused-ring (bicyclic) bond motifs is 3. The zero-order chi connectivity index (χ0) is 21.6. The highest BCUT2D eigenvalue weighted by Gasteiger charge is 2.73. The number of benzene rings is 3. The van der Waals surface area contributed by atoms with Gasteiger partial charge < -0.3 is 10.2 Å². The molecule has 0 amide bonds. The molecule has 1 fully saturated rings. The lowest BCUT2D eigenvalue weighted by Crippen LogP contribution is -2.55. The first-order chi connectivity index (χ1) is 15.1. The van der Waals surface area contributed by atoms with Gasteiger partial charge >= 0.3 is 0 Å². The van der Waals surface area contributed by atoms with E-state index in [-0.39, 0.29) is 30.0 Å². The van der Waals surface area contributed by atoms with E-state index in [2.05, 4.69) is 0 Å². The van der Waals surface area contributed by atoms with Crippen LogP contribution in [0, 0.1) is 11.8 Å². The summed E-state index contributed by atoms with van der Waals surface area (Å²) < 4.78 is 0. The van der Waals surface area contributed by atoms with Gasteiger partial charge in [0.15, 0.2) is 0 Å². The molecule has 0 bridgehead atoms. The van der Waals surface area contributed by atoms with Gasteiger partial charge in [-0.15, -0.1) is 0 Å². The number of hydrogen-bond acceptors (Lipinski definition) is 4. The van der Waals surface area contributed by atoms with Gasteiger partial charge in [0.1, 0.15) is 17.8 Å². The molecule has 4 atom stereocenters. The Kier molecular flexibility index (Phi) is 4.60. The molecule has 0 aliphatic heterocycles. The highest BCUT2D eigenvalue weighted by atomic mass is 16.3. The number of aldehydes is 1. The summed E-state index contributed by atoms with van der Waals surface area (Å²) in [6.45, 7) is -0.141. The van der Waals surface area contributed by atoms with Gasteiger partial charge in [-0.1, -0.05) is 72.8 Å². The van der Waals surface area contributed by atoms with Crippen LogP contribution in [0.3, 0.4) is 0 Å². The number of aromatic hydroxyl groups is 1. The second kappa shape index (κ2) is 7.33. The molecule has 31 heavy (non-hydrogen) atoms. The van der Waals surface area contributed by atoms with E-state index < -0.39 is 11.3 Å². The van der Waals surface area contributed by atoms with Crippen LogP contribution in [0.1, 0.15) is 38.5 Å². The van der Waals surface area contributed by atoms with E-state index in [9.17, 15) is 19.8 Å². The van der Waals surface area contributed by atoms with Crippen molar-refractivity contribution in [2.45, 2.75) is 11.3 Å². The molecule has 3 unspecified atom stereocenters. The molecule has 3 aromatic rings. The highest BCUT2D eigenvalue weighted by Crippen LogP contribution is 2.72. The fraction of sp³-hybridized carbons (Fsp3) is 0.185. The molecule has 0 heterocycles. The Hall–Kier alpha value is -3.50. The predicted octanol–water partition coefficient (Wildman–Crippen LogP) is 4.11. The molecule has 154 valence electrons. The Balaban J connectivity index is 1.54. The third-order valence-electron chi connectivity index (χ3n) is 6.75. The summed E-state index contributed by atoms with van der Waals surface area (Å²) in [5.74, 6) is -0.873. The number of aliphatic hydroxyl groups is 1. The van der Waals surface area contributed by atoms with Crippen LogP contribution in [-0.4, -0.2) is 28.9 Å². The molecule has 3 aromatic carbocycles. The number of phenols is 1. The Bertz CT molecular complexity index is 1180. The van der Waals surface area contributed by atoms with E-state index in [4.69, 9.17) is 0 Å². The zero-order valence-corrected chi connectivity index (χ0v) is 16.8. The van der Waals surface area contributed by atoms with Gasteiger partial charge in [-0.25, -0.2) is 0 Å². The zero-order valence-electron chi connectivity index (χ0n) is 16.8. The summed E-state index contributed by atoms with van der Waals surface area (Å²) >= 11 is 0. The summed E-state index contributed by atoms with van der Waals surface area (Å²) in [7, 11) is 0. The Morgan fingerprint density at radius 3 is 2.32 bits per heavy atom. The average Bonchev–Trinajstić information content (AvgIpc) is 3.46. The van der Waals surface area contributed by atoms with Crippen molar-refractivity contribution in [3.8, 4) is 5.75 Å². The lowest BCUT2D eigenvalue weighted by Gasteiger charge is -2.48. The molecular formula is C27H22O4. The molecule has 5 rings (SSSR count). The van der Waals surface area contributed by atoms with Crippen LogP contribution < -0.4 is 0 Å². The van der Waals surface area contributed by atoms with Crippen LogP contribution in [0.4, 0.5) is 0 Å². The molecule has 2 aliphatic rings. The highest BCUT2D eigenvalue weighted by molar-refractivity contribution is 6.04.